The van der Waals surface area contributed by atoms with Crippen molar-refractivity contribution in [1.82, 2.24) is 51.6 Å². The van der Waals surface area contributed by atoms with Gasteiger partial charge in [-0.25, -0.2) is 0 Å². The summed E-state index contributed by atoms with van der Waals surface area (Å²) in [5.41, 5.74) is 20.7. The molecule has 5 rings (SSSR count). The highest BCUT2D eigenvalue weighted by Gasteiger charge is 2.39. The Morgan fingerprint density at radius 2 is 1.38 bits per heavy atom. The first-order valence-corrected chi connectivity index (χ1v) is 37.6. The first-order valence-electron chi connectivity index (χ1n) is 31.8. The number of primary amides is 1. The predicted octanol–water partition coefficient (Wildman–Crippen LogP) is 4.14. The van der Waals surface area contributed by atoms with Crippen molar-refractivity contribution < 1.29 is 47.9 Å². The van der Waals surface area contributed by atoms with E-state index < -0.39 is 108 Å². The molecule has 2 fully saturated rings. The maximum absolute atomic E-state index is 14.2. The van der Waals surface area contributed by atoms with Crippen molar-refractivity contribution in [2.75, 3.05) is 71.5 Å². The van der Waals surface area contributed by atoms with Crippen LogP contribution in [0.2, 0.25) is 0 Å². The molecule has 1 aromatic heterocycles. The van der Waals surface area contributed by atoms with Gasteiger partial charge in [0.15, 0.2) is 6.61 Å². The molecule has 28 heteroatoms. The lowest BCUT2D eigenvalue weighted by atomic mass is 10.0. The summed E-state index contributed by atoms with van der Waals surface area (Å²) in [5, 5.41) is 19.9. The number of nitrogens with zero attached hydrogens (tertiary/aromatic N) is 3. The van der Waals surface area contributed by atoms with E-state index >= 15 is 0 Å². The standard InChI is InChI=1S/C64H101N13O10S5/c1-42(38-89-91-63(2,3)4)70-60(84)51(34-44-35-68-47-23-13-12-22-45(44)47)74-59(83)48(25-15-17-30-75(7)8)71-54(78)36-69-57(81)46(66)40-90-92-64(5,6)41-76-31-18-27-53(76)62(86)87-37-55(79)72-49(24-14-16-29-65)58(82)73-50(28-33-88-39-43-20-10-9-11-21-43)61(85)77-32-19-26-52(77)56(67)80/h9-13,20-23,33,35,42,46,48-53,68,88H,14-19,24-32,34,36-41,65-66H2,1-8H3,(H2,67,80)(H,69,81)(H,70,84)(H,71,78)(H,72,79)(H,73,82)(H,74,83)/t42-,46+,48+,49+,50+,51+,52+,53?/m1/s1. The summed E-state index contributed by atoms with van der Waals surface area (Å²) in [6, 6.07) is 10.9. The first-order chi connectivity index (χ1) is 43.7. The quantitative estimate of drug-likeness (QED) is 0.0125. The fourth-order valence-electron chi connectivity index (χ4n) is 10.6. The highest BCUT2D eigenvalue weighted by Crippen LogP contribution is 2.38. The number of H-pyrrole nitrogens is 1. The van der Waals surface area contributed by atoms with E-state index in [1.165, 1.54) is 26.5 Å². The smallest absolute Gasteiger partial charge is 0.323 e. The molecular formula is C64H101N13O10S5. The number of fused-ring (bicyclic) bond motifs is 1. The highest BCUT2D eigenvalue weighted by molar-refractivity contribution is 8.77. The van der Waals surface area contributed by atoms with Crippen LogP contribution in [0.5, 0.6) is 0 Å². The van der Waals surface area contributed by atoms with Gasteiger partial charge in [0.25, 0.3) is 5.91 Å². The molecule has 8 atom stereocenters. The Balaban J connectivity index is 1.11. The molecule has 13 N–H and O–H groups in total. The number of rotatable bonds is 40. The molecule has 92 heavy (non-hydrogen) atoms. The number of benzene rings is 2. The molecule has 0 spiro atoms. The number of aromatic amines is 1. The van der Waals surface area contributed by atoms with E-state index in [-0.39, 0.29) is 41.7 Å². The van der Waals surface area contributed by atoms with E-state index in [2.05, 4.69) is 57.7 Å². The van der Waals surface area contributed by atoms with Crippen LogP contribution < -0.4 is 49.1 Å². The number of nitrogens with one attached hydrogen (secondary N) is 7. The average Bonchev–Trinajstić information content (AvgIpc) is 1.73. The zero-order valence-corrected chi connectivity index (χ0v) is 58.9. The predicted molar refractivity (Wildman–Crippen MR) is 377 cm³/mol. The third-order valence-corrected chi connectivity index (χ3v) is 23.1. The molecule has 512 valence electrons. The molecule has 0 saturated carbocycles. The Kier molecular flexibility index (Phi) is 33.2. The largest absolute Gasteiger partial charge is 0.454 e. The monoisotopic (exact) mass is 1370 g/mol. The van der Waals surface area contributed by atoms with Crippen molar-refractivity contribution in [3.05, 3.63) is 71.9 Å². The van der Waals surface area contributed by atoms with Crippen molar-refractivity contribution in [3.63, 3.8) is 0 Å². The zero-order valence-electron chi connectivity index (χ0n) is 54.8. The molecule has 2 aromatic carbocycles. The van der Waals surface area contributed by atoms with Crippen molar-refractivity contribution in [3.8, 4) is 0 Å². The fraction of sp³-hybridized carbons (Fsp3) is 0.625. The molecule has 0 bridgehead atoms. The molecule has 23 nitrogen and oxygen atoms in total. The van der Waals surface area contributed by atoms with Gasteiger partial charge < -0.3 is 68.6 Å². The maximum atomic E-state index is 14.2. The number of carbonyl (C=O) groups is 9. The SMILES string of the molecule is C[C@H](CSSC(C)(C)C)NC(=O)[C@H](Cc1c[nH]c2ccccc12)NC(=O)[C@H](CCCCN(C)C)NC(=O)CNC(=O)[C@@H](N)CSSC(C)(C)CN1CCCC1C(=O)OCC(=O)N[C@@H](CCCCN)C(=O)N[C@@H](CC=[SH]Cc1ccccc1)C(=O)N1CCC[C@H]1C(N)=O. The van der Waals surface area contributed by atoms with Crippen LogP contribution in [0.4, 0.5) is 0 Å². The van der Waals surface area contributed by atoms with E-state index in [1.807, 2.05) is 111 Å². The molecule has 3 aromatic rings. The first kappa shape index (κ1) is 77.4. The lowest BCUT2D eigenvalue weighted by Crippen LogP contribution is -2.56. The van der Waals surface area contributed by atoms with E-state index in [0.29, 0.717) is 89.1 Å². The van der Waals surface area contributed by atoms with Crippen molar-refractivity contribution in [1.29, 1.82) is 0 Å². The van der Waals surface area contributed by atoms with Crippen molar-refractivity contribution >= 4 is 124 Å². The fourth-order valence-corrected chi connectivity index (χ4v) is 16.8. The summed E-state index contributed by atoms with van der Waals surface area (Å²) in [6.07, 6.45) is 7.37. The third kappa shape index (κ3) is 27.6. The molecule has 2 aliphatic rings. The number of para-hydroxylation sites is 1. The maximum Gasteiger partial charge on any atom is 0.323 e. The second-order valence-corrected chi connectivity index (χ2v) is 32.7. The number of ether oxygens (including phenoxy) is 1. The summed E-state index contributed by atoms with van der Waals surface area (Å²) < 4.78 is 5.17. The minimum atomic E-state index is -1.08. The average molecular weight is 1370 g/mol. The van der Waals surface area contributed by atoms with Crippen LogP contribution in [0.15, 0.2) is 60.8 Å². The molecule has 0 radical (unpaired) electrons. The molecule has 2 saturated heterocycles. The number of hydrogen-bond acceptors (Lipinski definition) is 18. The van der Waals surface area contributed by atoms with Gasteiger partial charge in [0, 0.05) is 69.4 Å². The van der Waals surface area contributed by atoms with Crippen LogP contribution >= 0.6 is 54.5 Å². The second kappa shape index (κ2) is 39.5. The normalized spacial score (nSPS) is 17.4. The van der Waals surface area contributed by atoms with Crippen LogP contribution in [0.1, 0.15) is 123 Å². The van der Waals surface area contributed by atoms with Crippen LogP contribution in [-0.4, -0.2) is 208 Å². The summed E-state index contributed by atoms with van der Waals surface area (Å²) >= 11 is 0.912. The summed E-state index contributed by atoms with van der Waals surface area (Å²) in [7, 11) is 10.2. The zero-order chi connectivity index (χ0) is 67.4. The lowest BCUT2D eigenvalue weighted by Gasteiger charge is -2.32. The van der Waals surface area contributed by atoms with E-state index in [0.717, 1.165) is 46.3 Å². The number of esters is 1. The highest BCUT2D eigenvalue weighted by atomic mass is 33.1. The van der Waals surface area contributed by atoms with Crippen LogP contribution in [0.3, 0.4) is 0 Å². The minimum Gasteiger partial charge on any atom is -0.454 e. The molecule has 0 aliphatic carbocycles. The van der Waals surface area contributed by atoms with Gasteiger partial charge in [-0.2, -0.15) is 11.4 Å². The van der Waals surface area contributed by atoms with Gasteiger partial charge in [-0.3, -0.25) is 48.1 Å². The summed E-state index contributed by atoms with van der Waals surface area (Å²) in [6.45, 7) is 13.8. The lowest BCUT2D eigenvalue weighted by molar-refractivity contribution is -0.153. The Bertz CT molecular complexity index is 2920. The van der Waals surface area contributed by atoms with E-state index in [1.54, 1.807) is 21.6 Å². The Labute approximate surface area is 562 Å². The van der Waals surface area contributed by atoms with Crippen molar-refractivity contribution in [2.24, 2.45) is 17.2 Å². The van der Waals surface area contributed by atoms with E-state index in [9.17, 15) is 43.2 Å². The van der Waals surface area contributed by atoms with Crippen LogP contribution in [0.25, 0.3) is 10.9 Å². The Hall–Kier alpha value is -5.33. The van der Waals surface area contributed by atoms with Gasteiger partial charge in [-0.1, -0.05) is 118 Å². The number of aromatic nitrogens is 1. The minimum absolute atomic E-state index is 0.0381. The van der Waals surface area contributed by atoms with Crippen LogP contribution in [-0.2, 0) is 60.1 Å². The number of likely N-dealkylation sites (tertiary alicyclic amines) is 2. The van der Waals surface area contributed by atoms with Gasteiger partial charge in [0.1, 0.15) is 36.3 Å². The summed E-state index contributed by atoms with van der Waals surface area (Å²) in [4.78, 5) is 131. The van der Waals surface area contributed by atoms with Crippen molar-refractivity contribution in [2.45, 2.75) is 182 Å². The Morgan fingerprint density at radius 3 is 2.07 bits per heavy atom. The van der Waals surface area contributed by atoms with Gasteiger partial charge >= 0.3 is 5.97 Å². The van der Waals surface area contributed by atoms with E-state index in [4.69, 9.17) is 21.9 Å². The Morgan fingerprint density at radius 1 is 0.750 bits per heavy atom. The van der Waals surface area contributed by atoms with Gasteiger partial charge in [-0.15, -0.1) is 0 Å². The number of amides is 8. The number of unbranched alkanes of at least 4 members (excludes halogenated alkanes) is 2. The molecule has 2 aliphatic heterocycles. The molecule has 1 unspecified atom stereocenters. The number of thiol groups is 1. The topological polar surface area (TPSA) is 339 Å². The van der Waals surface area contributed by atoms with Gasteiger partial charge in [0.2, 0.25) is 41.4 Å². The molecule has 8 amide bonds. The summed E-state index contributed by atoms with van der Waals surface area (Å²) in [5.74, 6) is -3.40. The number of hydrogen-bond donors (Lipinski definition) is 11. The third-order valence-electron chi connectivity index (χ3n) is 15.3. The second-order valence-electron chi connectivity index (χ2n) is 25.4. The number of carbonyl (C=O) groups excluding carboxylic acids is 9. The number of nitrogens with two attached hydrogens (primary N) is 3. The van der Waals surface area contributed by atoms with Gasteiger partial charge in [0.05, 0.1) is 12.6 Å². The van der Waals surface area contributed by atoms with Crippen LogP contribution in [0, 0.1) is 0 Å². The molecular weight excluding hydrogens is 1270 g/mol. The molecule has 3 heterocycles. The van der Waals surface area contributed by atoms with Gasteiger partial charge in [-0.05, 0) is 142 Å².